The van der Waals surface area contributed by atoms with Gasteiger partial charge in [0.2, 0.25) is 9.84 Å². The number of aryl methyl sites for hydroxylation is 2. The second-order valence-electron chi connectivity index (χ2n) is 9.05. The molecule has 1 atom stereocenters. The molecule has 1 aromatic heterocycles. The first-order chi connectivity index (χ1) is 17.4. The molecule has 1 fully saturated rings. The number of nitriles is 1. The Morgan fingerprint density at radius 1 is 0.833 bits per heavy atom. The summed E-state index contributed by atoms with van der Waals surface area (Å²) in [6.45, 7) is 6.36. The maximum atomic E-state index is 13.8. The molecule has 1 aliphatic rings. The Bertz CT molecular complexity index is 1560. The van der Waals surface area contributed by atoms with Crippen molar-refractivity contribution in [2.24, 2.45) is 0 Å². The number of aromatic nitrogens is 2. The highest BCUT2D eigenvalue weighted by molar-refractivity contribution is 7.92. The second kappa shape index (κ2) is 9.59. The van der Waals surface area contributed by atoms with Crippen LogP contribution in [0.1, 0.15) is 22.1 Å². The molecule has 3 aromatic carbocycles. The van der Waals surface area contributed by atoms with E-state index in [1.807, 2.05) is 49.4 Å². The molecule has 0 radical (unpaired) electrons. The number of para-hydroxylation sites is 3. The number of sulfone groups is 1. The zero-order valence-corrected chi connectivity index (χ0v) is 21.1. The van der Waals surface area contributed by atoms with Crippen molar-refractivity contribution in [3.05, 3.63) is 89.6 Å². The predicted molar refractivity (Wildman–Crippen MR) is 142 cm³/mol. The van der Waals surface area contributed by atoms with E-state index >= 15 is 0 Å². The van der Waals surface area contributed by atoms with Crippen molar-refractivity contribution >= 4 is 32.4 Å². The molecule has 0 aliphatic carbocycles. The Balaban J connectivity index is 1.58. The highest BCUT2D eigenvalue weighted by atomic mass is 32.2. The normalized spacial score (nSPS) is 15.0. The number of anilines is 2. The van der Waals surface area contributed by atoms with Gasteiger partial charge in [0.25, 0.3) is 0 Å². The summed E-state index contributed by atoms with van der Waals surface area (Å²) in [5.41, 5.74) is 3.99. The largest absolute Gasteiger partial charge is 0.368 e. The highest BCUT2D eigenvalue weighted by Crippen LogP contribution is 2.35. The standard InChI is InChI=1S/C28H27N5O2S/c1-20-12-13-21(2)25(18-20)36(34,35)26(19-29)27-28(31-24-11-7-6-10-23(24)30-27)33-16-14-32(15-17-33)22-8-4-3-5-9-22/h3-13,18,26H,14-17H2,1-2H3. The molecule has 1 saturated heterocycles. The third-order valence-corrected chi connectivity index (χ3v) is 8.61. The lowest BCUT2D eigenvalue weighted by molar-refractivity contribution is 0.588. The van der Waals surface area contributed by atoms with E-state index in [1.54, 1.807) is 25.1 Å². The van der Waals surface area contributed by atoms with Gasteiger partial charge in [-0.3, -0.25) is 0 Å². The first-order valence-corrected chi connectivity index (χ1v) is 13.5. The fourth-order valence-electron chi connectivity index (χ4n) is 4.65. The summed E-state index contributed by atoms with van der Waals surface area (Å²) >= 11 is 0. The fourth-order valence-corrected chi connectivity index (χ4v) is 6.36. The van der Waals surface area contributed by atoms with Crippen molar-refractivity contribution in [3.8, 4) is 6.07 Å². The zero-order valence-electron chi connectivity index (χ0n) is 20.3. The third kappa shape index (κ3) is 4.38. The van der Waals surface area contributed by atoms with Gasteiger partial charge in [0.1, 0.15) is 5.69 Å². The first kappa shape index (κ1) is 23.8. The van der Waals surface area contributed by atoms with Crippen LogP contribution in [0.25, 0.3) is 11.0 Å². The number of piperazine rings is 1. The average Bonchev–Trinajstić information content (AvgIpc) is 2.90. The van der Waals surface area contributed by atoms with Crippen LogP contribution in [0.4, 0.5) is 11.5 Å². The van der Waals surface area contributed by atoms with E-state index in [2.05, 4.69) is 28.0 Å². The fraction of sp³-hybridized carbons (Fsp3) is 0.250. The monoisotopic (exact) mass is 497 g/mol. The summed E-state index contributed by atoms with van der Waals surface area (Å²) in [6.07, 6.45) is 0. The van der Waals surface area contributed by atoms with Gasteiger partial charge in [-0.2, -0.15) is 5.26 Å². The Hall–Kier alpha value is -3.96. The Morgan fingerprint density at radius 3 is 2.11 bits per heavy atom. The molecule has 36 heavy (non-hydrogen) atoms. The molecule has 2 heterocycles. The van der Waals surface area contributed by atoms with E-state index in [9.17, 15) is 13.7 Å². The van der Waals surface area contributed by atoms with Crippen LogP contribution in [0.2, 0.25) is 0 Å². The molecule has 0 saturated carbocycles. The molecular weight excluding hydrogens is 470 g/mol. The van der Waals surface area contributed by atoms with Crippen molar-refractivity contribution in [2.75, 3.05) is 36.0 Å². The summed E-state index contributed by atoms with van der Waals surface area (Å²) in [4.78, 5) is 14.1. The summed E-state index contributed by atoms with van der Waals surface area (Å²) < 4.78 is 27.7. The van der Waals surface area contributed by atoms with Gasteiger partial charge >= 0.3 is 0 Å². The van der Waals surface area contributed by atoms with Crippen LogP contribution in [0.15, 0.2) is 77.7 Å². The summed E-state index contributed by atoms with van der Waals surface area (Å²) in [5, 5.41) is 8.72. The Labute approximate surface area is 211 Å². The number of benzene rings is 3. The minimum Gasteiger partial charge on any atom is -0.368 e. The third-order valence-electron chi connectivity index (χ3n) is 6.60. The minimum atomic E-state index is -4.04. The van der Waals surface area contributed by atoms with E-state index in [0.29, 0.717) is 35.5 Å². The lowest BCUT2D eigenvalue weighted by atomic mass is 10.2. The van der Waals surface area contributed by atoms with Crippen LogP contribution in [0, 0.1) is 25.2 Å². The second-order valence-corrected chi connectivity index (χ2v) is 11.1. The van der Waals surface area contributed by atoms with Gasteiger partial charge < -0.3 is 9.80 Å². The summed E-state index contributed by atoms with van der Waals surface area (Å²) in [5.74, 6) is 0.460. The van der Waals surface area contributed by atoms with Gasteiger partial charge in [0, 0.05) is 31.9 Å². The quantitative estimate of drug-likeness (QED) is 0.398. The van der Waals surface area contributed by atoms with Crippen LogP contribution < -0.4 is 9.80 Å². The molecule has 0 spiro atoms. The van der Waals surface area contributed by atoms with Gasteiger partial charge in [0.05, 0.1) is 22.0 Å². The molecule has 0 N–H and O–H groups in total. The maximum Gasteiger partial charge on any atom is 0.200 e. The van der Waals surface area contributed by atoms with Gasteiger partial charge in [0.15, 0.2) is 11.1 Å². The van der Waals surface area contributed by atoms with Crippen molar-refractivity contribution in [1.29, 1.82) is 5.26 Å². The molecule has 0 amide bonds. The molecular formula is C28H27N5O2S. The molecule has 182 valence electrons. The maximum absolute atomic E-state index is 13.8. The van der Waals surface area contributed by atoms with E-state index in [4.69, 9.17) is 9.97 Å². The average molecular weight is 498 g/mol. The Kier molecular flexibility index (Phi) is 6.33. The molecule has 1 unspecified atom stereocenters. The predicted octanol–water partition coefficient (Wildman–Crippen LogP) is 4.61. The van der Waals surface area contributed by atoms with Crippen molar-refractivity contribution in [3.63, 3.8) is 0 Å². The number of rotatable bonds is 5. The molecule has 1 aliphatic heterocycles. The van der Waals surface area contributed by atoms with E-state index < -0.39 is 15.1 Å². The molecule has 0 bridgehead atoms. The SMILES string of the molecule is Cc1ccc(C)c(S(=O)(=O)C(C#N)c2nc3ccccc3nc2N2CCN(c3ccccc3)CC2)c1. The minimum absolute atomic E-state index is 0.156. The molecule has 7 nitrogen and oxygen atoms in total. The molecule has 4 aromatic rings. The van der Waals surface area contributed by atoms with Gasteiger partial charge in [-0.05, 0) is 55.3 Å². The topological polar surface area (TPSA) is 90.2 Å². The van der Waals surface area contributed by atoms with Crippen molar-refractivity contribution in [2.45, 2.75) is 24.0 Å². The summed E-state index contributed by atoms with van der Waals surface area (Å²) in [6, 6.07) is 24.9. The lowest BCUT2D eigenvalue weighted by Gasteiger charge is -2.37. The van der Waals surface area contributed by atoms with E-state index in [0.717, 1.165) is 24.3 Å². The zero-order chi connectivity index (χ0) is 25.3. The van der Waals surface area contributed by atoms with Crippen LogP contribution in [-0.2, 0) is 9.84 Å². The number of nitrogens with zero attached hydrogens (tertiary/aromatic N) is 5. The van der Waals surface area contributed by atoms with Crippen LogP contribution in [-0.4, -0.2) is 44.6 Å². The van der Waals surface area contributed by atoms with Crippen molar-refractivity contribution < 1.29 is 8.42 Å². The number of fused-ring (bicyclic) bond motifs is 1. The smallest absolute Gasteiger partial charge is 0.200 e. The van der Waals surface area contributed by atoms with Crippen LogP contribution >= 0.6 is 0 Å². The molecule has 8 heteroatoms. The summed E-state index contributed by atoms with van der Waals surface area (Å²) in [7, 11) is -4.04. The first-order valence-electron chi connectivity index (χ1n) is 11.9. The molecule has 5 rings (SSSR count). The van der Waals surface area contributed by atoms with Crippen molar-refractivity contribution in [1.82, 2.24) is 9.97 Å². The van der Waals surface area contributed by atoms with Gasteiger partial charge in [-0.15, -0.1) is 0 Å². The van der Waals surface area contributed by atoms with Crippen LogP contribution in [0.3, 0.4) is 0 Å². The van der Waals surface area contributed by atoms with E-state index in [-0.39, 0.29) is 10.6 Å². The van der Waals surface area contributed by atoms with Gasteiger partial charge in [-0.1, -0.05) is 42.5 Å². The van der Waals surface area contributed by atoms with E-state index in [1.165, 1.54) is 0 Å². The van der Waals surface area contributed by atoms with Crippen LogP contribution in [0.5, 0.6) is 0 Å². The van der Waals surface area contributed by atoms with Gasteiger partial charge in [-0.25, -0.2) is 18.4 Å². The number of hydrogen-bond acceptors (Lipinski definition) is 7. The Morgan fingerprint density at radius 2 is 1.44 bits per heavy atom. The number of hydrogen-bond donors (Lipinski definition) is 0. The lowest BCUT2D eigenvalue weighted by Crippen LogP contribution is -2.47. The highest BCUT2D eigenvalue weighted by Gasteiger charge is 2.36.